The highest BCUT2D eigenvalue weighted by molar-refractivity contribution is 7.99. The van der Waals surface area contributed by atoms with Gasteiger partial charge in [0.05, 0.1) is 5.69 Å². The van der Waals surface area contributed by atoms with Gasteiger partial charge in [-0.1, -0.05) is 17.8 Å². The molecule has 0 aliphatic heterocycles. The van der Waals surface area contributed by atoms with E-state index in [0.29, 0.717) is 0 Å². The third kappa shape index (κ3) is 3.96. The molecule has 0 N–H and O–H groups in total. The summed E-state index contributed by atoms with van der Waals surface area (Å²) in [4.78, 5) is 4.04. The minimum atomic E-state index is 0.836. The highest BCUT2D eigenvalue weighted by Gasteiger charge is 2.09. The van der Waals surface area contributed by atoms with Crippen molar-refractivity contribution in [2.75, 3.05) is 5.75 Å². The average molecular weight is 325 g/mol. The normalized spacial score (nSPS) is 10.9. The van der Waals surface area contributed by atoms with Crippen LogP contribution in [0.25, 0.3) is 5.69 Å². The minimum absolute atomic E-state index is 0.836. The SMILES string of the molecule is Cc1ccc(-n2nnnc2SCCCc2ccncc2)cc1C. The molecule has 0 amide bonds. The Bertz CT molecular complexity index is 770. The molecule has 0 fully saturated rings. The fraction of sp³-hybridized carbons (Fsp3) is 0.294. The van der Waals surface area contributed by atoms with Gasteiger partial charge < -0.3 is 0 Å². The lowest BCUT2D eigenvalue weighted by Gasteiger charge is -2.07. The van der Waals surface area contributed by atoms with Gasteiger partial charge in [0.15, 0.2) is 0 Å². The molecule has 0 atom stereocenters. The molecule has 5 nitrogen and oxygen atoms in total. The summed E-state index contributed by atoms with van der Waals surface area (Å²) in [5.74, 6) is 0.980. The third-order valence-corrected chi connectivity index (χ3v) is 4.77. The van der Waals surface area contributed by atoms with Crippen molar-refractivity contribution in [1.82, 2.24) is 25.2 Å². The van der Waals surface area contributed by atoms with E-state index in [2.05, 4.69) is 64.7 Å². The maximum absolute atomic E-state index is 4.14. The minimum Gasteiger partial charge on any atom is -0.265 e. The first-order valence-electron chi connectivity index (χ1n) is 7.62. The Labute approximate surface area is 140 Å². The second kappa shape index (κ2) is 7.37. The summed E-state index contributed by atoms with van der Waals surface area (Å²) in [6.45, 7) is 4.21. The second-order valence-electron chi connectivity index (χ2n) is 5.45. The number of hydrogen-bond donors (Lipinski definition) is 0. The van der Waals surface area contributed by atoms with Gasteiger partial charge in [0, 0.05) is 18.1 Å². The first-order chi connectivity index (χ1) is 11.2. The first-order valence-corrected chi connectivity index (χ1v) is 8.60. The molecule has 6 heteroatoms. The van der Waals surface area contributed by atoms with Gasteiger partial charge in [0.1, 0.15) is 0 Å². The predicted molar refractivity (Wildman–Crippen MR) is 91.9 cm³/mol. The van der Waals surface area contributed by atoms with Gasteiger partial charge >= 0.3 is 0 Å². The molecular weight excluding hydrogens is 306 g/mol. The Morgan fingerprint density at radius 3 is 2.65 bits per heavy atom. The summed E-state index contributed by atoms with van der Waals surface area (Å²) >= 11 is 1.69. The van der Waals surface area contributed by atoms with Gasteiger partial charge in [-0.05, 0) is 78.1 Å². The van der Waals surface area contributed by atoms with E-state index in [9.17, 15) is 0 Å². The zero-order valence-electron chi connectivity index (χ0n) is 13.3. The Morgan fingerprint density at radius 1 is 1.04 bits per heavy atom. The molecular formula is C17H19N5S. The summed E-state index contributed by atoms with van der Waals surface area (Å²) in [6.07, 6.45) is 5.79. The molecule has 2 aromatic heterocycles. The van der Waals surface area contributed by atoms with Gasteiger partial charge in [-0.2, -0.15) is 4.68 Å². The molecule has 0 aliphatic carbocycles. The number of hydrogen-bond acceptors (Lipinski definition) is 5. The molecule has 23 heavy (non-hydrogen) atoms. The largest absolute Gasteiger partial charge is 0.265 e. The number of aryl methyl sites for hydroxylation is 3. The number of benzene rings is 1. The third-order valence-electron chi connectivity index (χ3n) is 3.77. The summed E-state index contributed by atoms with van der Waals surface area (Å²) in [5.41, 5.74) is 4.84. The van der Waals surface area contributed by atoms with E-state index < -0.39 is 0 Å². The van der Waals surface area contributed by atoms with Crippen molar-refractivity contribution in [3.05, 3.63) is 59.4 Å². The van der Waals surface area contributed by atoms with E-state index in [1.54, 1.807) is 11.8 Å². The smallest absolute Gasteiger partial charge is 0.214 e. The molecule has 0 aliphatic rings. The molecule has 0 bridgehead atoms. The fourth-order valence-electron chi connectivity index (χ4n) is 2.28. The molecule has 0 unspecified atom stereocenters. The number of rotatable bonds is 6. The lowest BCUT2D eigenvalue weighted by atomic mass is 10.1. The Morgan fingerprint density at radius 2 is 1.87 bits per heavy atom. The highest BCUT2D eigenvalue weighted by atomic mass is 32.2. The van der Waals surface area contributed by atoms with E-state index >= 15 is 0 Å². The number of aromatic nitrogens is 5. The molecule has 2 heterocycles. The summed E-state index contributed by atoms with van der Waals surface area (Å²) in [5, 5.41) is 12.9. The van der Waals surface area contributed by atoms with Crippen LogP contribution in [0.5, 0.6) is 0 Å². The molecule has 0 radical (unpaired) electrons. The second-order valence-corrected chi connectivity index (χ2v) is 6.51. The standard InChI is InChI=1S/C17H19N5S/c1-13-5-6-16(12-14(13)2)22-17(19-20-21-22)23-11-3-4-15-7-9-18-10-8-15/h5-10,12H,3-4,11H2,1-2H3. The Hall–Kier alpha value is -2.21. The monoisotopic (exact) mass is 325 g/mol. The summed E-state index contributed by atoms with van der Waals surface area (Å²) in [6, 6.07) is 10.4. The van der Waals surface area contributed by atoms with Gasteiger partial charge in [-0.25, -0.2) is 0 Å². The molecule has 0 saturated heterocycles. The highest BCUT2D eigenvalue weighted by Crippen LogP contribution is 2.21. The number of pyridine rings is 1. The Kier molecular flexibility index (Phi) is 5.02. The van der Waals surface area contributed by atoms with E-state index in [-0.39, 0.29) is 0 Å². The van der Waals surface area contributed by atoms with Gasteiger partial charge in [-0.3, -0.25) is 4.98 Å². The van der Waals surface area contributed by atoms with Crippen LogP contribution in [0.3, 0.4) is 0 Å². The van der Waals surface area contributed by atoms with Crippen molar-refractivity contribution < 1.29 is 0 Å². The maximum atomic E-state index is 4.14. The van der Waals surface area contributed by atoms with Crippen LogP contribution in [-0.4, -0.2) is 30.9 Å². The Balaban J connectivity index is 1.61. The molecule has 3 rings (SSSR count). The zero-order chi connectivity index (χ0) is 16.1. The molecule has 0 saturated carbocycles. The van der Waals surface area contributed by atoms with Crippen LogP contribution in [0.1, 0.15) is 23.1 Å². The van der Waals surface area contributed by atoms with Crippen LogP contribution in [0.4, 0.5) is 0 Å². The first kappa shape index (κ1) is 15.7. The summed E-state index contributed by atoms with van der Waals surface area (Å²) < 4.78 is 1.81. The van der Waals surface area contributed by atoms with Crippen LogP contribution in [0.15, 0.2) is 47.9 Å². The van der Waals surface area contributed by atoms with Crippen LogP contribution in [0, 0.1) is 13.8 Å². The van der Waals surface area contributed by atoms with Crippen molar-refractivity contribution in [2.24, 2.45) is 0 Å². The van der Waals surface area contributed by atoms with E-state index in [1.165, 1.54) is 16.7 Å². The van der Waals surface area contributed by atoms with Crippen LogP contribution >= 0.6 is 11.8 Å². The average Bonchev–Trinajstić information content (AvgIpc) is 3.04. The topological polar surface area (TPSA) is 56.5 Å². The number of tetrazole rings is 1. The number of thioether (sulfide) groups is 1. The fourth-order valence-corrected chi connectivity index (χ4v) is 3.11. The molecule has 1 aromatic carbocycles. The van der Waals surface area contributed by atoms with Gasteiger partial charge in [0.2, 0.25) is 5.16 Å². The van der Waals surface area contributed by atoms with E-state index in [0.717, 1.165) is 29.4 Å². The molecule has 118 valence electrons. The van der Waals surface area contributed by atoms with Crippen molar-refractivity contribution in [2.45, 2.75) is 31.8 Å². The van der Waals surface area contributed by atoms with Crippen molar-refractivity contribution >= 4 is 11.8 Å². The van der Waals surface area contributed by atoms with E-state index in [1.807, 2.05) is 17.1 Å². The number of nitrogens with zero attached hydrogens (tertiary/aromatic N) is 5. The lowest BCUT2D eigenvalue weighted by Crippen LogP contribution is -2.00. The summed E-state index contributed by atoms with van der Waals surface area (Å²) in [7, 11) is 0. The lowest BCUT2D eigenvalue weighted by molar-refractivity contribution is 0.754. The quantitative estimate of drug-likeness (QED) is 0.513. The van der Waals surface area contributed by atoms with Crippen LogP contribution < -0.4 is 0 Å². The van der Waals surface area contributed by atoms with Gasteiger partial charge in [-0.15, -0.1) is 5.10 Å². The van der Waals surface area contributed by atoms with Crippen molar-refractivity contribution in [3.8, 4) is 5.69 Å². The van der Waals surface area contributed by atoms with Gasteiger partial charge in [0.25, 0.3) is 0 Å². The molecule has 3 aromatic rings. The van der Waals surface area contributed by atoms with Crippen molar-refractivity contribution in [3.63, 3.8) is 0 Å². The predicted octanol–water partition coefficient (Wildman–Crippen LogP) is 3.40. The molecule has 0 spiro atoms. The van der Waals surface area contributed by atoms with E-state index in [4.69, 9.17) is 0 Å². The van der Waals surface area contributed by atoms with Crippen LogP contribution in [0.2, 0.25) is 0 Å². The zero-order valence-corrected chi connectivity index (χ0v) is 14.1. The van der Waals surface area contributed by atoms with Crippen LogP contribution in [-0.2, 0) is 6.42 Å². The maximum Gasteiger partial charge on any atom is 0.214 e. The van der Waals surface area contributed by atoms with Crippen molar-refractivity contribution in [1.29, 1.82) is 0 Å².